The third-order valence-corrected chi connectivity index (χ3v) is 6.58. The number of hydrogen-bond acceptors (Lipinski definition) is 6. The smallest absolute Gasteiger partial charge is 0.363 e. The van der Waals surface area contributed by atoms with Crippen molar-refractivity contribution in [2.24, 2.45) is 4.99 Å². The van der Waals surface area contributed by atoms with Crippen molar-refractivity contribution in [2.75, 3.05) is 0 Å². The molecule has 0 amide bonds. The van der Waals surface area contributed by atoms with E-state index in [0.717, 1.165) is 11.1 Å². The maximum absolute atomic E-state index is 12.5. The van der Waals surface area contributed by atoms with Crippen LogP contribution >= 0.6 is 0 Å². The van der Waals surface area contributed by atoms with Crippen molar-refractivity contribution >= 4 is 28.1 Å². The van der Waals surface area contributed by atoms with E-state index in [4.69, 9.17) is 8.92 Å². The lowest BCUT2D eigenvalue weighted by molar-refractivity contribution is -0.129. The molecule has 1 aliphatic heterocycles. The Hall–Kier alpha value is -3.71. The van der Waals surface area contributed by atoms with Gasteiger partial charge in [-0.05, 0) is 65.9 Å². The highest BCUT2D eigenvalue weighted by atomic mass is 32.2. The molecular formula is C27H25NO5S. The van der Waals surface area contributed by atoms with E-state index in [0.29, 0.717) is 5.56 Å². The Bertz CT molecular complexity index is 1380. The summed E-state index contributed by atoms with van der Waals surface area (Å²) in [6, 6.07) is 20.5. The molecule has 0 N–H and O–H groups in total. The number of cyclic esters (lactones) is 1. The molecule has 4 rings (SSSR count). The van der Waals surface area contributed by atoms with Crippen LogP contribution in [0.5, 0.6) is 5.75 Å². The molecule has 0 aromatic heterocycles. The van der Waals surface area contributed by atoms with E-state index in [9.17, 15) is 13.2 Å². The van der Waals surface area contributed by atoms with Crippen LogP contribution in [0.15, 0.2) is 88.4 Å². The van der Waals surface area contributed by atoms with E-state index >= 15 is 0 Å². The predicted octanol–water partition coefficient (Wildman–Crippen LogP) is 5.40. The summed E-state index contributed by atoms with van der Waals surface area (Å²) in [6.45, 7) is 8.26. The van der Waals surface area contributed by atoms with Gasteiger partial charge in [0.25, 0.3) is 0 Å². The molecule has 3 aromatic rings. The van der Waals surface area contributed by atoms with Crippen LogP contribution in [0, 0.1) is 6.92 Å². The minimum absolute atomic E-state index is 0.0209. The first-order valence-corrected chi connectivity index (χ1v) is 12.2. The number of aliphatic imine (C=N–C) groups is 1. The summed E-state index contributed by atoms with van der Waals surface area (Å²) in [6.07, 6.45) is 1.58. The van der Waals surface area contributed by atoms with E-state index in [-0.39, 0.29) is 27.7 Å². The molecule has 0 saturated carbocycles. The molecule has 6 nitrogen and oxygen atoms in total. The van der Waals surface area contributed by atoms with Crippen molar-refractivity contribution < 1.29 is 22.1 Å². The zero-order chi connectivity index (χ0) is 24.5. The van der Waals surface area contributed by atoms with E-state index < -0.39 is 16.1 Å². The highest BCUT2D eigenvalue weighted by Crippen LogP contribution is 2.25. The summed E-state index contributed by atoms with van der Waals surface area (Å²) < 4.78 is 35.5. The topological polar surface area (TPSA) is 82.0 Å². The van der Waals surface area contributed by atoms with Crippen molar-refractivity contribution in [3.63, 3.8) is 0 Å². The van der Waals surface area contributed by atoms with Gasteiger partial charge in [0, 0.05) is 5.56 Å². The molecule has 3 aromatic carbocycles. The molecule has 0 fully saturated rings. The van der Waals surface area contributed by atoms with Gasteiger partial charge in [-0.25, -0.2) is 9.79 Å². The first-order chi connectivity index (χ1) is 16.0. The SMILES string of the molecule is Cc1ccc(S(=O)(=O)Oc2ccc(/C=C3/N=C(c4ccc(C(C)(C)C)cc4)OC3=O)cc2)cc1. The summed E-state index contributed by atoms with van der Waals surface area (Å²) in [5.74, 6) is -0.127. The lowest BCUT2D eigenvalue weighted by atomic mass is 9.87. The maximum Gasteiger partial charge on any atom is 0.363 e. The molecule has 1 heterocycles. The van der Waals surface area contributed by atoms with Crippen molar-refractivity contribution in [1.82, 2.24) is 0 Å². The van der Waals surface area contributed by atoms with E-state index in [1.54, 1.807) is 30.3 Å². The van der Waals surface area contributed by atoms with Crippen LogP contribution in [0.25, 0.3) is 6.08 Å². The number of carbonyl (C=O) groups excluding carboxylic acids is 1. The van der Waals surface area contributed by atoms with Crippen LogP contribution in [0.1, 0.15) is 43.0 Å². The van der Waals surface area contributed by atoms with Crippen LogP contribution in [0.4, 0.5) is 0 Å². The number of hydrogen-bond donors (Lipinski definition) is 0. The molecule has 0 atom stereocenters. The molecule has 7 heteroatoms. The number of nitrogens with zero attached hydrogens (tertiary/aromatic N) is 1. The van der Waals surface area contributed by atoms with Crippen LogP contribution in [-0.2, 0) is 25.1 Å². The summed E-state index contributed by atoms with van der Waals surface area (Å²) in [5, 5.41) is 0. The lowest BCUT2D eigenvalue weighted by Crippen LogP contribution is -2.11. The van der Waals surface area contributed by atoms with Crippen LogP contribution < -0.4 is 4.18 Å². The first kappa shape index (κ1) is 23.4. The average Bonchev–Trinajstić information content (AvgIpc) is 3.15. The summed E-state index contributed by atoms with van der Waals surface area (Å²) >= 11 is 0. The second-order valence-corrected chi connectivity index (χ2v) is 10.6. The number of esters is 1. The minimum atomic E-state index is -3.94. The van der Waals surface area contributed by atoms with Crippen LogP contribution in [0.3, 0.4) is 0 Å². The molecule has 0 aliphatic carbocycles. The van der Waals surface area contributed by atoms with Crippen molar-refractivity contribution in [3.8, 4) is 5.75 Å². The van der Waals surface area contributed by atoms with Crippen LogP contribution in [-0.4, -0.2) is 20.3 Å². The predicted molar refractivity (Wildman–Crippen MR) is 131 cm³/mol. The van der Waals surface area contributed by atoms with Gasteiger partial charge in [0.2, 0.25) is 5.90 Å². The molecule has 174 valence electrons. The van der Waals surface area contributed by atoms with Gasteiger partial charge in [0.1, 0.15) is 10.6 Å². The van der Waals surface area contributed by atoms with Gasteiger partial charge in [0.15, 0.2) is 5.70 Å². The van der Waals surface area contributed by atoms with Gasteiger partial charge in [-0.15, -0.1) is 0 Å². The van der Waals surface area contributed by atoms with Gasteiger partial charge in [-0.2, -0.15) is 8.42 Å². The standard InChI is InChI=1S/C27H25NO5S/c1-18-5-15-23(16-6-18)34(30,31)33-22-13-7-19(8-14-22)17-24-26(29)32-25(28-24)20-9-11-21(12-10-20)27(2,3)4/h5-17H,1-4H3/b24-17+. The average molecular weight is 476 g/mol. The molecule has 0 unspecified atom stereocenters. The zero-order valence-electron chi connectivity index (χ0n) is 19.4. The highest BCUT2D eigenvalue weighted by Gasteiger charge is 2.25. The lowest BCUT2D eigenvalue weighted by Gasteiger charge is -2.18. The number of rotatable bonds is 5. The molecular weight excluding hydrogens is 450 g/mol. The minimum Gasteiger partial charge on any atom is -0.402 e. The summed E-state index contributed by atoms with van der Waals surface area (Å²) in [7, 11) is -3.94. The molecule has 0 spiro atoms. The number of benzene rings is 3. The zero-order valence-corrected chi connectivity index (χ0v) is 20.2. The summed E-state index contributed by atoms with van der Waals surface area (Å²) in [5.41, 5.74) is 3.68. The fourth-order valence-electron chi connectivity index (χ4n) is 3.30. The maximum atomic E-state index is 12.5. The monoisotopic (exact) mass is 475 g/mol. The van der Waals surface area contributed by atoms with Gasteiger partial charge in [0.05, 0.1) is 0 Å². The molecule has 0 radical (unpaired) electrons. The fraction of sp³-hybridized carbons (Fsp3) is 0.185. The Morgan fingerprint density at radius 1 is 0.882 bits per heavy atom. The number of carbonyl (C=O) groups is 1. The largest absolute Gasteiger partial charge is 0.402 e. The highest BCUT2D eigenvalue weighted by molar-refractivity contribution is 7.87. The van der Waals surface area contributed by atoms with E-state index in [2.05, 4.69) is 25.8 Å². The normalized spacial score (nSPS) is 15.2. The van der Waals surface area contributed by atoms with Gasteiger partial charge >= 0.3 is 16.1 Å². The Labute approximate surface area is 199 Å². The van der Waals surface area contributed by atoms with Crippen LogP contribution in [0.2, 0.25) is 0 Å². The molecule has 0 saturated heterocycles. The Morgan fingerprint density at radius 3 is 2.09 bits per heavy atom. The van der Waals surface area contributed by atoms with Crippen molar-refractivity contribution in [2.45, 2.75) is 38.0 Å². The van der Waals surface area contributed by atoms with Crippen molar-refractivity contribution in [3.05, 3.63) is 101 Å². The van der Waals surface area contributed by atoms with E-state index in [1.165, 1.54) is 29.8 Å². The summed E-state index contributed by atoms with van der Waals surface area (Å²) in [4.78, 5) is 16.7. The van der Waals surface area contributed by atoms with Gasteiger partial charge < -0.3 is 8.92 Å². The Kier molecular flexibility index (Phi) is 6.15. The van der Waals surface area contributed by atoms with Crippen molar-refractivity contribution in [1.29, 1.82) is 0 Å². The Balaban J connectivity index is 1.50. The quantitative estimate of drug-likeness (QED) is 0.280. The first-order valence-electron chi connectivity index (χ1n) is 10.8. The van der Waals surface area contributed by atoms with Gasteiger partial charge in [-0.1, -0.05) is 62.7 Å². The Morgan fingerprint density at radius 2 is 1.50 bits per heavy atom. The number of aryl methyl sites for hydroxylation is 1. The second kappa shape index (κ2) is 8.91. The molecule has 0 bridgehead atoms. The van der Waals surface area contributed by atoms with Gasteiger partial charge in [-0.3, -0.25) is 0 Å². The third-order valence-electron chi connectivity index (χ3n) is 5.32. The fourth-order valence-corrected chi connectivity index (χ4v) is 4.23. The third kappa shape index (κ3) is 5.26. The molecule has 34 heavy (non-hydrogen) atoms. The second-order valence-electron chi connectivity index (χ2n) is 9.08. The van der Waals surface area contributed by atoms with E-state index in [1.807, 2.05) is 31.2 Å². The molecule has 1 aliphatic rings. The number of ether oxygens (including phenoxy) is 1.